The maximum atomic E-state index is 10.9. The Hall–Kier alpha value is -1.96. The molecule has 1 aliphatic heterocycles. The fourth-order valence-electron chi connectivity index (χ4n) is 3.57. The van der Waals surface area contributed by atoms with Crippen molar-refractivity contribution in [3.63, 3.8) is 0 Å². The summed E-state index contributed by atoms with van der Waals surface area (Å²) in [6.45, 7) is 8.15. The normalized spacial score (nSPS) is 17.8. The summed E-state index contributed by atoms with van der Waals surface area (Å²) in [7, 11) is 2.16. The molecule has 1 fully saturated rings. The van der Waals surface area contributed by atoms with Crippen LogP contribution in [0.2, 0.25) is 0 Å². The van der Waals surface area contributed by atoms with Crippen molar-refractivity contribution >= 4 is 16.3 Å². The summed E-state index contributed by atoms with van der Waals surface area (Å²) in [5, 5.41) is 15.4. The number of likely N-dealkylation sites (N-methyl/N-ethyl adjacent to an activating group) is 1. The van der Waals surface area contributed by atoms with E-state index in [0.29, 0.717) is 0 Å². The largest absolute Gasteiger partial charge is 0.492 e. The van der Waals surface area contributed by atoms with E-state index in [0.717, 1.165) is 48.3 Å². The molecule has 7 heteroatoms. The van der Waals surface area contributed by atoms with Gasteiger partial charge in [-0.15, -0.1) is 5.10 Å². The van der Waals surface area contributed by atoms with Gasteiger partial charge in [0.05, 0.1) is 10.9 Å². The van der Waals surface area contributed by atoms with Gasteiger partial charge in [0.2, 0.25) is 10.8 Å². The first kappa shape index (κ1) is 17.5. The van der Waals surface area contributed by atoms with Crippen molar-refractivity contribution in [2.24, 2.45) is 0 Å². The van der Waals surface area contributed by atoms with Crippen molar-refractivity contribution in [2.45, 2.75) is 26.3 Å². The number of piperazine rings is 1. The molecule has 0 radical (unpaired) electrons. The smallest absolute Gasteiger partial charge is 0.230 e. The molecule has 26 heavy (non-hydrogen) atoms. The van der Waals surface area contributed by atoms with Gasteiger partial charge >= 0.3 is 0 Å². The fourth-order valence-corrected chi connectivity index (χ4v) is 4.70. The number of hydrogen-bond acceptors (Lipinski definition) is 6. The zero-order valence-corrected chi connectivity index (χ0v) is 16.3. The molecule has 0 spiro atoms. The first-order valence-electron chi connectivity index (χ1n) is 9.13. The third kappa shape index (κ3) is 3.11. The van der Waals surface area contributed by atoms with Crippen molar-refractivity contribution in [2.75, 3.05) is 33.2 Å². The van der Waals surface area contributed by atoms with E-state index in [4.69, 9.17) is 0 Å². The van der Waals surface area contributed by atoms with Gasteiger partial charge < -0.3 is 10.0 Å². The zero-order valence-electron chi connectivity index (χ0n) is 15.5. The van der Waals surface area contributed by atoms with Gasteiger partial charge in [-0.05, 0) is 19.5 Å². The van der Waals surface area contributed by atoms with Crippen molar-refractivity contribution in [1.82, 2.24) is 24.4 Å². The SMILES string of the molecule is CCc1nc2sc(C(c3cccc(C)c3)N3CCN(C)CC3)c(O)n2n1. The molecule has 0 saturated carbocycles. The number of hydrogen-bond donors (Lipinski definition) is 1. The topological polar surface area (TPSA) is 56.9 Å². The highest BCUT2D eigenvalue weighted by molar-refractivity contribution is 7.17. The van der Waals surface area contributed by atoms with Crippen molar-refractivity contribution in [1.29, 1.82) is 0 Å². The van der Waals surface area contributed by atoms with Gasteiger partial charge in [-0.1, -0.05) is 48.1 Å². The van der Waals surface area contributed by atoms with Crippen molar-refractivity contribution in [3.8, 4) is 5.88 Å². The molecule has 1 aromatic carbocycles. The number of aromatic nitrogens is 3. The van der Waals surface area contributed by atoms with Crippen LogP contribution >= 0.6 is 11.3 Å². The van der Waals surface area contributed by atoms with Crippen molar-refractivity contribution in [3.05, 3.63) is 46.1 Å². The average molecular weight is 372 g/mol. The molecule has 4 rings (SSSR count). The zero-order chi connectivity index (χ0) is 18.3. The second-order valence-corrected chi connectivity index (χ2v) is 8.03. The number of thiazole rings is 1. The number of nitrogens with zero attached hydrogens (tertiary/aromatic N) is 5. The van der Waals surface area contributed by atoms with Crippen LogP contribution in [-0.2, 0) is 6.42 Å². The van der Waals surface area contributed by atoms with Crippen LogP contribution in [0.4, 0.5) is 0 Å². The molecule has 1 atom stereocenters. The van der Waals surface area contributed by atoms with E-state index < -0.39 is 0 Å². The lowest BCUT2D eigenvalue weighted by atomic mass is 10.0. The number of fused-ring (bicyclic) bond motifs is 1. The monoisotopic (exact) mass is 371 g/mol. The first-order valence-corrected chi connectivity index (χ1v) is 9.95. The number of aromatic hydroxyl groups is 1. The molecule has 1 unspecified atom stereocenters. The van der Waals surface area contributed by atoms with Crippen LogP contribution in [0.25, 0.3) is 4.96 Å². The van der Waals surface area contributed by atoms with Crippen LogP contribution in [0.5, 0.6) is 5.88 Å². The van der Waals surface area contributed by atoms with E-state index in [1.807, 2.05) is 6.92 Å². The van der Waals surface area contributed by atoms with Gasteiger partial charge in [0.25, 0.3) is 0 Å². The van der Waals surface area contributed by atoms with Crippen LogP contribution < -0.4 is 0 Å². The number of benzene rings is 1. The third-order valence-corrected chi connectivity index (χ3v) is 6.14. The van der Waals surface area contributed by atoms with Crippen molar-refractivity contribution < 1.29 is 5.11 Å². The van der Waals surface area contributed by atoms with E-state index in [1.54, 1.807) is 15.9 Å². The highest BCUT2D eigenvalue weighted by Crippen LogP contribution is 2.40. The molecule has 2 aromatic heterocycles. The quantitative estimate of drug-likeness (QED) is 0.764. The van der Waals surface area contributed by atoms with Gasteiger partial charge in [-0.2, -0.15) is 4.52 Å². The van der Waals surface area contributed by atoms with Gasteiger partial charge in [0, 0.05) is 32.6 Å². The minimum atomic E-state index is 0.0298. The predicted octanol–water partition coefficient (Wildman–Crippen LogP) is 2.70. The molecule has 1 N–H and O–H groups in total. The molecule has 3 heterocycles. The summed E-state index contributed by atoms with van der Waals surface area (Å²) in [6, 6.07) is 8.61. The average Bonchev–Trinajstić information content (AvgIpc) is 3.17. The molecule has 138 valence electrons. The van der Waals surface area contributed by atoms with Gasteiger partial charge in [-0.3, -0.25) is 4.90 Å². The molecule has 0 bridgehead atoms. The van der Waals surface area contributed by atoms with Crippen LogP contribution in [0.1, 0.15) is 34.8 Å². The highest BCUT2D eigenvalue weighted by atomic mass is 32.1. The Labute approximate surface area is 157 Å². The molecule has 1 saturated heterocycles. The van der Waals surface area contributed by atoms with Gasteiger partial charge in [0.1, 0.15) is 0 Å². The lowest BCUT2D eigenvalue weighted by molar-refractivity contribution is 0.127. The van der Waals surface area contributed by atoms with Gasteiger partial charge in [0.15, 0.2) is 5.82 Å². The fraction of sp³-hybridized carbons (Fsp3) is 0.474. The predicted molar refractivity (Wildman–Crippen MR) is 104 cm³/mol. The Bertz CT molecular complexity index is 910. The Kier molecular flexibility index (Phi) is 4.69. The summed E-state index contributed by atoms with van der Waals surface area (Å²) in [6.07, 6.45) is 0.767. The minimum absolute atomic E-state index is 0.0298. The van der Waals surface area contributed by atoms with Crippen LogP contribution in [0, 0.1) is 6.92 Å². The molecule has 3 aromatic rings. The Morgan fingerprint density at radius 3 is 2.65 bits per heavy atom. The molecule has 0 amide bonds. The molecular formula is C19H25N5OS. The summed E-state index contributed by atoms with van der Waals surface area (Å²) in [5.74, 6) is 0.993. The maximum Gasteiger partial charge on any atom is 0.230 e. The lowest BCUT2D eigenvalue weighted by Crippen LogP contribution is -2.46. The van der Waals surface area contributed by atoms with Gasteiger partial charge in [-0.25, -0.2) is 4.98 Å². The van der Waals surface area contributed by atoms with Crippen LogP contribution in [0.15, 0.2) is 24.3 Å². The molecular weight excluding hydrogens is 346 g/mol. The third-order valence-electron chi connectivity index (χ3n) is 5.07. The van der Waals surface area contributed by atoms with E-state index >= 15 is 0 Å². The van der Waals surface area contributed by atoms with E-state index in [-0.39, 0.29) is 11.9 Å². The maximum absolute atomic E-state index is 10.9. The van der Waals surface area contributed by atoms with E-state index in [2.05, 4.69) is 58.1 Å². The molecule has 1 aliphatic rings. The second-order valence-electron chi connectivity index (χ2n) is 7.02. The lowest BCUT2D eigenvalue weighted by Gasteiger charge is -2.37. The first-order chi connectivity index (χ1) is 12.6. The minimum Gasteiger partial charge on any atom is -0.492 e. The Balaban J connectivity index is 1.79. The number of rotatable bonds is 4. The van der Waals surface area contributed by atoms with E-state index in [9.17, 15) is 5.11 Å². The summed E-state index contributed by atoms with van der Waals surface area (Å²) < 4.78 is 1.59. The highest BCUT2D eigenvalue weighted by Gasteiger charge is 2.31. The summed E-state index contributed by atoms with van der Waals surface area (Å²) in [5.41, 5.74) is 2.44. The Morgan fingerprint density at radius 1 is 1.23 bits per heavy atom. The van der Waals surface area contributed by atoms with Crippen LogP contribution in [0.3, 0.4) is 0 Å². The Morgan fingerprint density at radius 2 is 2.00 bits per heavy atom. The number of aryl methyl sites for hydroxylation is 2. The standard InChI is InChI=1S/C19H25N5OS/c1-4-15-20-19-24(21-15)18(25)17(26-19)16(14-7-5-6-13(2)12-14)23-10-8-22(3)9-11-23/h5-7,12,16,25H,4,8-11H2,1-3H3. The second kappa shape index (κ2) is 6.98. The van der Waals surface area contributed by atoms with Crippen LogP contribution in [-0.4, -0.2) is 62.7 Å². The van der Waals surface area contributed by atoms with E-state index in [1.165, 1.54) is 11.1 Å². The summed E-state index contributed by atoms with van der Waals surface area (Å²) in [4.78, 5) is 11.0. The summed E-state index contributed by atoms with van der Waals surface area (Å²) >= 11 is 1.55. The molecule has 6 nitrogen and oxygen atoms in total. The molecule has 0 aliphatic carbocycles.